The third-order valence-corrected chi connectivity index (χ3v) is 1.74. The number of hydrogen-bond donors (Lipinski definition) is 2. The molecule has 1 heterocycles. The molecule has 0 aliphatic carbocycles. The molecule has 5 heteroatoms. The maximum Gasteiger partial charge on any atom is 0.254 e. The van der Waals surface area contributed by atoms with Crippen LogP contribution in [-0.4, -0.2) is 35.3 Å². The van der Waals surface area contributed by atoms with Gasteiger partial charge in [0.1, 0.15) is 11.9 Å². The van der Waals surface area contributed by atoms with Gasteiger partial charge in [0.2, 0.25) is 0 Å². The summed E-state index contributed by atoms with van der Waals surface area (Å²) in [7, 11) is 0. The Bertz CT molecular complexity index is 303. The van der Waals surface area contributed by atoms with Gasteiger partial charge in [0.05, 0.1) is 13.2 Å². The Kier molecular flexibility index (Phi) is 4.73. The fourth-order valence-corrected chi connectivity index (χ4v) is 0.970. The van der Waals surface area contributed by atoms with Gasteiger partial charge in [0.25, 0.3) is 5.91 Å². The van der Waals surface area contributed by atoms with Crippen molar-refractivity contribution in [3.63, 3.8) is 0 Å². The predicted octanol–water partition coefficient (Wildman–Crippen LogP) is 0.417. The molecule has 2 N–H and O–H groups in total. The number of amides is 1. The van der Waals surface area contributed by atoms with E-state index in [1.54, 1.807) is 31.3 Å². The molecular formula is C10H14N2O3. The molecule has 15 heavy (non-hydrogen) atoms. The number of aliphatic hydroxyl groups excluding tert-OH is 1. The van der Waals surface area contributed by atoms with Crippen LogP contribution in [0.1, 0.15) is 6.92 Å². The molecular weight excluding hydrogens is 196 g/mol. The first-order valence-electron chi connectivity index (χ1n) is 4.68. The molecule has 1 aromatic heterocycles. The monoisotopic (exact) mass is 210 g/mol. The Morgan fingerprint density at radius 1 is 1.67 bits per heavy atom. The van der Waals surface area contributed by atoms with E-state index in [0.717, 1.165) is 0 Å². The molecule has 5 nitrogen and oxygen atoms in total. The van der Waals surface area contributed by atoms with Gasteiger partial charge in [-0.25, -0.2) is 4.98 Å². The van der Waals surface area contributed by atoms with E-state index in [1.807, 2.05) is 0 Å². The second-order valence-electron chi connectivity index (χ2n) is 2.94. The normalized spacial score (nSPS) is 12.1. The molecule has 0 bridgehead atoms. The van der Waals surface area contributed by atoms with Gasteiger partial charge in [-0.1, -0.05) is 6.07 Å². The van der Waals surface area contributed by atoms with E-state index in [1.165, 1.54) is 0 Å². The minimum Gasteiger partial charge on any atom is -0.394 e. The van der Waals surface area contributed by atoms with Gasteiger partial charge in [0, 0.05) is 6.20 Å². The highest BCUT2D eigenvalue weighted by Gasteiger charge is 2.13. The summed E-state index contributed by atoms with van der Waals surface area (Å²) in [4.78, 5) is 15.4. The summed E-state index contributed by atoms with van der Waals surface area (Å²) in [5.74, 6) is 0.212. The van der Waals surface area contributed by atoms with Crippen LogP contribution in [0, 0.1) is 0 Å². The quantitative estimate of drug-likeness (QED) is 0.738. The van der Waals surface area contributed by atoms with Crippen molar-refractivity contribution in [2.24, 2.45) is 0 Å². The number of nitrogens with zero attached hydrogens (tertiary/aromatic N) is 1. The lowest BCUT2D eigenvalue weighted by Gasteiger charge is -2.11. The Labute approximate surface area is 88.1 Å². The van der Waals surface area contributed by atoms with Gasteiger partial charge >= 0.3 is 0 Å². The molecule has 1 amide bonds. The van der Waals surface area contributed by atoms with Crippen molar-refractivity contribution in [3.8, 4) is 0 Å². The summed E-state index contributed by atoms with van der Waals surface area (Å²) in [6.45, 7) is 1.67. The van der Waals surface area contributed by atoms with E-state index >= 15 is 0 Å². The number of carbonyl (C=O) groups is 1. The number of anilines is 1. The Hall–Kier alpha value is -1.46. The number of hydrogen-bond acceptors (Lipinski definition) is 4. The molecule has 1 unspecified atom stereocenters. The highest BCUT2D eigenvalue weighted by atomic mass is 16.5. The van der Waals surface area contributed by atoms with Crippen LogP contribution >= 0.6 is 0 Å². The number of carbonyl (C=O) groups excluding carboxylic acids is 1. The predicted molar refractivity (Wildman–Crippen MR) is 55.4 cm³/mol. The molecule has 0 saturated heterocycles. The number of aromatic nitrogens is 1. The minimum atomic E-state index is -0.598. The summed E-state index contributed by atoms with van der Waals surface area (Å²) < 4.78 is 5.04. The molecule has 1 aromatic rings. The second kappa shape index (κ2) is 6.10. The summed E-state index contributed by atoms with van der Waals surface area (Å²) in [6, 6.07) is 5.24. The summed E-state index contributed by atoms with van der Waals surface area (Å²) >= 11 is 0. The second-order valence-corrected chi connectivity index (χ2v) is 2.94. The van der Waals surface area contributed by atoms with E-state index in [4.69, 9.17) is 9.84 Å². The van der Waals surface area contributed by atoms with E-state index in [2.05, 4.69) is 10.3 Å². The SMILES string of the molecule is CC(OCCO)C(=O)Nc1ccccn1. The van der Waals surface area contributed by atoms with Crippen molar-refractivity contribution in [1.82, 2.24) is 4.98 Å². The third-order valence-electron chi connectivity index (χ3n) is 1.74. The van der Waals surface area contributed by atoms with Gasteiger partial charge in [-0.15, -0.1) is 0 Å². The Morgan fingerprint density at radius 2 is 2.47 bits per heavy atom. The van der Waals surface area contributed by atoms with Crippen LogP contribution in [0.5, 0.6) is 0 Å². The number of ether oxygens (including phenoxy) is 1. The van der Waals surface area contributed by atoms with Crippen molar-refractivity contribution < 1.29 is 14.6 Å². The lowest BCUT2D eigenvalue weighted by molar-refractivity contribution is -0.126. The zero-order valence-corrected chi connectivity index (χ0v) is 8.51. The van der Waals surface area contributed by atoms with Gasteiger partial charge in [0.15, 0.2) is 0 Å². The standard InChI is InChI=1S/C10H14N2O3/c1-8(15-7-6-13)10(14)12-9-4-2-3-5-11-9/h2-5,8,13H,6-7H2,1H3,(H,11,12,14). The lowest BCUT2D eigenvalue weighted by atomic mass is 10.3. The maximum absolute atomic E-state index is 11.5. The van der Waals surface area contributed by atoms with Gasteiger partial charge in [-0.3, -0.25) is 4.79 Å². The smallest absolute Gasteiger partial charge is 0.254 e. The molecule has 0 spiro atoms. The first-order valence-corrected chi connectivity index (χ1v) is 4.68. The maximum atomic E-state index is 11.5. The molecule has 0 aliphatic heterocycles. The average Bonchev–Trinajstić information content (AvgIpc) is 2.27. The van der Waals surface area contributed by atoms with Crippen LogP contribution in [0.4, 0.5) is 5.82 Å². The van der Waals surface area contributed by atoms with Crippen molar-refractivity contribution in [1.29, 1.82) is 0 Å². The first-order chi connectivity index (χ1) is 7.24. The van der Waals surface area contributed by atoms with Crippen LogP contribution < -0.4 is 5.32 Å². The topological polar surface area (TPSA) is 71.5 Å². The number of rotatable bonds is 5. The van der Waals surface area contributed by atoms with E-state index in [9.17, 15) is 4.79 Å². The van der Waals surface area contributed by atoms with E-state index in [0.29, 0.717) is 5.82 Å². The van der Waals surface area contributed by atoms with Gasteiger partial charge in [-0.05, 0) is 19.1 Å². The van der Waals surface area contributed by atoms with E-state index in [-0.39, 0.29) is 19.1 Å². The summed E-state index contributed by atoms with van der Waals surface area (Å²) in [5, 5.41) is 11.1. The van der Waals surface area contributed by atoms with Crippen molar-refractivity contribution in [3.05, 3.63) is 24.4 Å². The summed E-state index contributed by atoms with van der Waals surface area (Å²) in [5.41, 5.74) is 0. The van der Waals surface area contributed by atoms with Crippen LogP contribution in [0.15, 0.2) is 24.4 Å². The third kappa shape index (κ3) is 4.05. The highest BCUT2D eigenvalue weighted by molar-refractivity contribution is 5.92. The number of nitrogens with one attached hydrogen (secondary N) is 1. The zero-order chi connectivity index (χ0) is 11.1. The first kappa shape index (κ1) is 11.6. The fraction of sp³-hybridized carbons (Fsp3) is 0.400. The molecule has 1 atom stereocenters. The van der Waals surface area contributed by atoms with Crippen LogP contribution in [0.2, 0.25) is 0 Å². The lowest BCUT2D eigenvalue weighted by Crippen LogP contribution is -2.28. The average molecular weight is 210 g/mol. The zero-order valence-electron chi connectivity index (χ0n) is 8.51. The minimum absolute atomic E-state index is 0.0960. The largest absolute Gasteiger partial charge is 0.394 e. The van der Waals surface area contributed by atoms with Gasteiger partial charge < -0.3 is 15.2 Å². The molecule has 0 fully saturated rings. The molecule has 0 aliphatic rings. The molecule has 0 saturated carbocycles. The van der Waals surface area contributed by atoms with Crippen LogP contribution in [0.25, 0.3) is 0 Å². The summed E-state index contributed by atoms with van der Waals surface area (Å²) in [6.07, 6.45) is 0.994. The van der Waals surface area contributed by atoms with Crippen molar-refractivity contribution in [2.45, 2.75) is 13.0 Å². The highest BCUT2D eigenvalue weighted by Crippen LogP contribution is 2.02. The Balaban J connectivity index is 2.42. The van der Waals surface area contributed by atoms with E-state index < -0.39 is 6.10 Å². The fourth-order valence-electron chi connectivity index (χ4n) is 0.970. The molecule has 1 rings (SSSR count). The van der Waals surface area contributed by atoms with Crippen LogP contribution in [0.3, 0.4) is 0 Å². The van der Waals surface area contributed by atoms with Gasteiger partial charge in [-0.2, -0.15) is 0 Å². The number of aliphatic hydroxyl groups is 1. The van der Waals surface area contributed by atoms with Crippen LogP contribution in [-0.2, 0) is 9.53 Å². The Morgan fingerprint density at radius 3 is 3.07 bits per heavy atom. The van der Waals surface area contributed by atoms with Crippen molar-refractivity contribution in [2.75, 3.05) is 18.5 Å². The van der Waals surface area contributed by atoms with Crippen molar-refractivity contribution >= 4 is 11.7 Å². The molecule has 0 radical (unpaired) electrons. The molecule has 0 aromatic carbocycles. The number of pyridine rings is 1. The molecule has 82 valence electrons.